The number of amides is 1. The number of fused-ring (bicyclic) bond motifs is 1. The van der Waals surface area contributed by atoms with Crippen molar-refractivity contribution in [3.05, 3.63) is 82.4 Å². The maximum atomic E-state index is 13.9. The van der Waals surface area contributed by atoms with E-state index in [4.69, 9.17) is 21.1 Å². The number of methoxy groups -OCH3 is 1. The molecule has 0 radical (unpaired) electrons. The smallest absolute Gasteiger partial charge is 0.232 e. The molecule has 5 rings (SSSR count). The van der Waals surface area contributed by atoms with Crippen molar-refractivity contribution in [3.63, 3.8) is 0 Å². The van der Waals surface area contributed by atoms with E-state index in [0.717, 1.165) is 47.6 Å². The van der Waals surface area contributed by atoms with E-state index in [0.29, 0.717) is 28.5 Å². The normalized spacial score (nSPS) is 18.9. The van der Waals surface area contributed by atoms with Crippen molar-refractivity contribution in [2.45, 2.75) is 64.6 Å². The zero-order valence-corrected chi connectivity index (χ0v) is 25.6. The van der Waals surface area contributed by atoms with Crippen LogP contribution >= 0.6 is 11.6 Å². The van der Waals surface area contributed by atoms with Gasteiger partial charge in [0, 0.05) is 29.5 Å². The first-order valence-electron chi connectivity index (χ1n) is 14.8. The SMILES string of the molecule is CCC(C)Oc1cc2c(cc1OC)CC(=O)N(c1ccc(N(C)C(C)C3CCNCC3)cc1)C2c1ccc(Cl)cc1. The third-order valence-electron chi connectivity index (χ3n) is 8.89. The number of piperidine rings is 1. The van der Waals surface area contributed by atoms with Crippen molar-refractivity contribution >= 4 is 28.9 Å². The van der Waals surface area contributed by atoms with E-state index < -0.39 is 0 Å². The molecule has 2 heterocycles. The average molecular weight is 576 g/mol. The first kappa shape index (κ1) is 29.3. The summed E-state index contributed by atoms with van der Waals surface area (Å²) in [4.78, 5) is 18.2. The third-order valence-corrected chi connectivity index (χ3v) is 9.14. The minimum Gasteiger partial charge on any atom is -0.493 e. The van der Waals surface area contributed by atoms with Gasteiger partial charge in [-0.1, -0.05) is 30.7 Å². The molecular formula is C34H42ClN3O3. The number of ether oxygens (including phenoxy) is 2. The summed E-state index contributed by atoms with van der Waals surface area (Å²) in [6.45, 7) is 8.64. The summed E-state index contributed by atoms with van der Waals surface area (Å²) in [5.74, 6) is 2.05. The van der Waals surface area contributed by atoms with E-state index in [1.165, 1.54) is 12.8 Å². The Balaban J connectivity index is 1.53. The molecular weight excluding hydrogens is 534 g/mol. The molecule has 2 aliphatic heterocycles. The van der Waals surface area contributed by atoms with E-state index in [1.54, 1.807) is 7.11 Å². The Morgan fingerprint density at radius 3 is 2.34 bits per heavy atom. The van der Waals surface area contributed by atoms with E-state index in [2.05, 4.69) is 68.4 Å². The van der Waals surface area contributed by atoms with Crippen LogP contribution in [0.4, 0.5) is 11.4 Å². The van der Waals surface area contributed by atoms with Crippen LogP contribution in [-0.2, 0) is 11.2 Å². The van der Waals surface area contributed by atoms with Gasteiger partial charge in [0.05, 0.1) is 25.7 Å². The molecule has 0 saturated carbocycles. The highest BCUT2D eigenvalue weighted by Crippen LogP contribution is 2.44. The fraction of sp³-hybridized carbons (Fsp3) is 0.441. The standard InChI is InChI=1S/C34H42ClN3O3/c1-6-22(2)41-32-21-30-26(19-31(32)40-5)20-33(39)38(34(30)25-7-9-27(35)10-8-25)29-13-11-28(12-14-29)37(4)23(3)24-15-17-36-18-16-24/h7-14,19,21-24,34,36H,6,15-18,20H2,1-5H3. The van der Waals surface area contributed by atoms with Crippen LogP contribution in [0.2, 0.25) is 5.02 Å². The Hall–Kier alpha value is -3.22. The van der Waals surface area contributed by atoms with Crippen molar-refractivity contribution < 1.29 is 14.3 Å². The maximum Gasteiger partial charge on any atom is 0.232 e. The monoisotopic (exact) mass is 575 g/mol. The number of hydrogen-bond donors (Lipinski definition) is 1. The summed E-state index contributed by atoms with van der Waals surface area (Å²) in [5.41, 5.74) is 5.00. The molecule has 3 atom stereocenters. The van der Waals surface area contributed by atoms with Crippen molar-refractivity contribution in [2.75, 3.05) is 37.0 Å². The Bertz CT molecular complexity index is 1340. The highest BCUT2D eigenvalue weighted by Gasteiger charge is 2.36. The summed E-state index contributed by atoms with van der Waals surface area (Å²) < 4.78 is 12.0. The average Bonchev–Trinajstić information content (AvgIpc) is 3.00. The van der Waals surface area contributed by atoms with Crippen molar-refractivity contribution in [1.82, 2.24) is 5.32 Å². The van der Waals surface area contributed by atoms with Gasteiger partial charge in [0.1, 0.15) is 0 Å². The molecule has 2 aliphatic rings. The molecule has 0 bridgehead atoms. The van der Waals surface area contributed by atoms with Gasteiger partial charge >= 0.3 is 0 Å². The Labute approximate surface area is 249 Å². The van der Waals surface area contributed by atoms with E-state index in [1.807, 2.05) is 35.2 Å². The first-order chi connectivity index (χ1) is 19.8. The van der Waals surface area contributed by atoms with Crippen LogP contribution in [0.5, 0.6) is 11.5 Å². The lowest BCUT2D eigenvalue weighted by Crippen LogP contribution is -2.41. The number of carbonyl (C=O) groups is 1. The predicted molar refractivity (Wildman–Crippen MR) is 168 cm³/mol. The number of carbonyl (C=O) groups excluding carboxylic acids is 1. The number of benzene rings is 3. The highest BCUT2D eigenvalue weighted by molar-refractivity contribution is 6.30. The van der Waals surface area contributed by atoms with Gasteiger partial charge in [0.2, 0.25) is 5.91 Å². The predicted octanol–water partition coefficient (Wildman–Crippen LogP) is 7.03. The molecule has 3 aromatic carbocycles. The molecule has 0 aliphatic carbocycles. The molecule has 1 saturated heterocycles. The van der Waals surface area contributed by atoms with E-state index in [9.17, 15) is 4.79 Å². The largest absolute Gasteiger partial charge is 0.493 e. The summed E-state index contributed by atoms with van der Waals surface area (Å²) in [5, 5.41) is 4.13. The molecule has 218 valence electrons. The van der Waals surface area contributed by atoms with Crippen LogP contribution < -0.4 is 24.6 Å². The van der Waals surface area contributed by atoms with Gasteiger partial charge in [-0.05, 0) is 117 Å². The maximum absolute atomic E-state index is 13.9. The first-order valence-corrected chi connectivity index (χ1v) is 15.2. The number of hydrogen-bond acceptors (Lipinski definition) is 5. The molecule has 0 spiro atoms. The zero-order valence-electron chi connectivity index (χ0n) is 24.8. The minimum absolute atomic E-state index is 0.0362. The van der Waals surface area contributed by atoms with Crippen molar-refractivity contribution in [3.8, 4) is 11.5 Å². The van der Waals surface area contributed by atoms with E-state index in [-0.39, 0.29) is 24.5 Å². The Kier molecular flexibility index (Phi) is 9.10. The number of halogens is 1. The zero-order chi connectivity index (χ0) is 29.1. The third kappa shape index (κ3) is 6.19. The summed E-state index contributed by atoms with van der Waals surface area (Å²) in [6, 6.07) is 20.3. The van der Waals surface area contributed by atoms with Crippen LogP contribution in [-0.4, -0.2) is 45.3 Å². The van der Waals surface area contributed by atoms with Crippen molar-refractivity contribution in [1.29, 1.82) is 0 Å². The van der Waals surface area contributed by atoms with Gasteiger partial charge in [-0.25, -0.2) is 0 Å². The van der Waals surface area contributed by atoms with Crippen molar-refractivity contribution in [2.24, 2.45) is 5.92 Å². The molecule has 1 N–H and O–H groups in total. The molecule has 0 aromatic heterocycles. The van der Waals surface area contributed by atoms with Crippen LogP contribution in [0.1, 0.15) is 62.8 Å². The van der Waals surface area contributed by atoms with Gasteiger partial charge in [-0.2, -0.15) is 0 Å². The summed E-state index contributed by atoms with van der Waals surface area (Å²) in [6.07, 6.45) is 3.59. The second-order valence-electron chi connectivity index (χ2n) is 11.4. The molecule has 41 heavy (non-hydrogen) atoms. The molecule has 6 nitrogen and oxygen atoms in total. The fourth-order valence-corrected chi connectivity index (χ4v) is 6.23. The molecule has 3 aromatic rings. The van der Waals surface area contributed by atoms with Crippen LogP contribution in [0.15, 0.2) is 60.7 Å². The summed E-state index contributed by atoms with van der Waals surface area (Å²) >= 11 is 6.27. The van der Waals surface area contributed by atoms with Gasteiger partial charge in [0.25, 0.3) is 0 Å². The Morgan fingerprint density at radius 1 is 1.02 bits per heavy atom. The quantitative estimate of drug-likeness (QED) is 0.297. The molecule has 1 fully saturated rings. The minimum atomic E-state index is -0.328. The van der Waals surface area contributed by atoms with Gasteiger partial charge < -0.3 is 24.6 Å². The van der Waals surface area contributed by atoms with Gasteiger partial charge in [0.15, 0.2) is 11.5 Å². The molecule has 3 unspecified atom stereocenters. The lowest BCUT2D eigenvalue weighted by molar-refractivity contribution is -0.118. The van der Waals surface area contributed by atoms with Crippen LogP contribution in [0.25, 0.3) is 0 Å². The molecule has 7 heteroatoms. The lowest BCUT2D eigenvalue weighted by Gasteiger charge is -2.39. The van der Waals surface area contributed by atoms with Crippen LogP contribution in [0, 0.1) is 5.92 Å². The Morgan fingerprint density at radius 2 is 1.71 bits per heavy atom. The number of nitrogens with one attached hydrogen (secondary N) is 1. The van der Waals surface area contributed by atoms with Crippen LogP contribution in [0.3, 0.4) is 0 Å². The fourth-order valence-electron chi connectivity index (χ4n) is 6.10. The number of anilines is 2. The second kappa shape index (κ2) is 12.7. The molecule has 1 amide bonds. The lowest BCUT2D eigenvalue weighted by atomic mass is 9.86. The number of rotatable bonds is 9. The van der Waals surface area contributed by atoms with Gasteiger partial charge in [-0.15, -0.1) is 0 Å². The highest BCUT2D eigenvalue weighted by atomic mass is 35.5. The number of nitrogens with zero attached hydrogens (tertiary/aromatic N) is 2. The summed E-state index contributed by atoms with van der Waals surface area (Å²) in [7, 11) is 3.82. The van der Waals surface area contributed by atoms with E-state index >= 15 is 0 Å². The topological polar surface area (TPSA) is 54.0 Å². The second-order valence-corrected chi connectivity index (χ2v) is 11.8. The van der Waals surface area contributed by atoms with Gasteiger partial charge in [-0.3, -0.25) is 4.79 Å².